The number of rotatable bonds is 4. The molecule has 0 aliphatic carbocycles. The molecule has 0 spiro atoms. The van der Waals surface area contributed by atoms with E-state index in [4.69, 9.17) is 10.2 Å². The van der Waals surface area contributed by atoms with Crippen molar-refractivity contribution in [1.82, 2.24) is 0 Å². The zero-order valence-electron chi connectivity index (χ0n) is 5.99. The standard InChI is InChI=1S/2C3H4O3/c2*4-1-3(6)2-5/h2*1-3,6H. The summed E-state index contributed by atoms with van der Waals surface area (Å²) in [5.74, 6) is 0. The fraction of sp³-hybridized carbons (Fsp3) is 0.333. The van der Waals surface area contributed by atoms with Gasteiger partial charge in [0.2, 0.25) is 0 Å². The second-order valence-corrected chi connectivity index (χ2v) is 1.53. The smallest absolute Gasteiger partial charge is 0.164 e. The normalized spacial score (nSPS) is 8.33. The van der Waals surface area contributed by atoms with Gasteiger partial charge >= 0.3 is 0 Å². The van der Waals surface area contributed by atoms with E-state index in [2.05, 4.69) is 0 Å². The van der Waals surface area contributed by atoms with Crippen molar-refractivity contribution in [3.8, 4) is 0 Å². The van der Waals surface area contributed by atoms with Crippen LogP contribution in [0.5, 0.6) is 0 Å². The number of hydrogen-bond donors (Lipinski definition) is 2. The predicted octanol–water partition coefficient (Wildman–Crippen LogP) is -2.51. The Labute approximate surface area is 67.8 Å². The van der Waals surface area contributed by atoms with Crippen molar-refractivity contribution in [3.05, 3.63) is 0 Å². The van der Waals surface area contributed by atoms with Gasteiger partial charge in [-0.25, -0.2) is 0 Å². The summed E-state index contributed by atoms with van der Waals surface area (Å²) in [5.41, 5.74) is 0. The largest absolute Gasteiger partial charge is 0.378 e. The third-order valence-electron chi connectivity index (χ3n) is 0.558. The molecule has 6 heteroatoms. The van der Waals surface area contributed by atoms with Gasteiger partial charge in [-0.15, -0.1) is 0 Å². The summed E-state index contributed by atoms with van der Waals surface area (Å²) in [6.07, 6.45) is -2.21. The molecule has 0 heterocycles. The van der Waals surface area contributed by atoms with Gasteiger partial charge < -0.3 is 10.2 Å². The summed E-state index contributed by atoms with van der Waals surface area (Å²) in [5, 5.41) is 15.9. The first-order chi connectivity index (χ1) is 5.62. The Kier molecular flexibility index (Phi) is 10.6. The van der Waals surface area contributed by atoms with Crippen LogP contribution in [0, 0.1) is 0 Å². The molecule has 68 valence electrons. The Bertz CT molecular complexity index is 120. The minimum absolute atomic E-state index is 0.160. The van der Waals surface area contributed by atoms with E-state index < -0.39 is 12.2 Å². The molecule has 0 radical (unpaired) electrons. The van der Waals surface area contributed by atoms with Gasteiger partial charge in [0.1, 0.15) is 0 Å². The van der Waals surface area contributed by atoms with Gasteiger partial charge in [0, 0.05) is 0 Å². The number of aliphatic hydroxyl groups excluding tert-OH is 2. The van der Waals surface area contributed by atoms with E-state index in [0.717, 1.165) is 0 Å². The van der Waals surface area contributed by atoms with E-state index in [0.29, 0.717) is 0 Å². The van der Waals surface area contributed by atoms with Gasteiger partial charge in [0.25, 0.3) is 0 Å². The lowest BCUT2D eigenvalue weighted by Crippen LogP contribution is -2.07. The first kappa shape index (κ1) is 13.2. The molecule has 2 N–H and O–H groups in total. The highest BCUT2D eigenvalue weighted by Gasteiger charge is 1.92. The fourth-order valence-corrected chi connectivity index (χ4v) is 0.0642. The monoisotopic (exact) mass is 176 g/mol. The highest BCUT2D eigenvalue weighted by Crippen LogP contribution is 1.60. The van der Waals surface area contributed by atoms with Crippen LogP contribution >= 0.6 is 0 Å². The first-order valence-electron chi connectivity index (χ1n) is 2.79. The van der Waals surface area contributed by atoms with Gasteiger partial charge in [-0.1, -0.05) is 0 Å². The molecule has 0 aromatic carbocycles. The molecule has 0 saturated carbocycles. The lowest BCUT2D eigenvalue weighted by atomic mass is 10.5. The molecule has 6 nitrogen and oxygen atoms in total. The van der Waals surface area contributed by atoms with Gasteiger partial charge in [-0.3, -0.25) is 19.2 Å². The van der Waals surface area contributed by atoms with E-state index >= 15 is 0 Å². The highest BCUT2D eigenvalue weighted by molar-refractivity contribution is 5.80. The summed E-state index contributed by atoms with van der Waals surface area (Å²) < 4.78 is 0. The third-order valence-corrected chi connectivity index (χ3v) is 0.558. The molecular formula is C6H8O6. The van der Waals surface area contributed by atoms with Crippen LogP contribution in [-0.4, -0.2) is 47.6 Å². The van der Waals surface area contributed by atoms with Crippen molar-refractivity contribution in [2.24, 2.45) is 0 Å². The first-order valence-corrected chi connectivity index (χ1v) is 2.79. The fourth-order valence-electron chi connectivity index (χ4n) is 0.0642. The lowest BCUT2D eigenvalue weighted by molar-refractivity contribution is -0.125. The van der Waals surface area contributed by atoms with E-state index in [1.54, 1.807) is 0 Å². The Balaban J connectivity index is 0. The van der Waals surface area contributed by atoms with Crippen LogP contribution in [0.1, 0.15) is 0 Å². The second kappa shape index (κ2) is 9.60. The summed E-state index contributed by atoms with van der Waals surface area (Å²) >= 11 is 0. The van der Waals surface area contributed by atoms with Crippen molar-refractivity contribution in [2.75, 3.05) is 0 Å². The third kappa shape index (κ3) is 11.4. The van der Waals surface area contributed by atoms with Crippen LogP contribution < -0.4 is 0 Å². The van der Waals surface area contributed by atoms with Crippen LogP contribution in [-0.2, 0) is 19.2 Å². The predicted molar refractivity (Wildman–Crippen MR) is 36.3 cm³/mol. The van der Waals surface area contributed by atoms with E-state index in [1.807, 2.05) is 0 Å². The minimum atomic E-state index is -1.43. The Morgan fingerprint density at radius 2 is 0.833 bits per heavy atom. The van der Waals surface area contributed by atoms with Gasteiger partial charge in [-0.05, 0) is 0 Å². The molecule has 0 atom stereocenters. The average Bonchev–Trinajstić information content (AvgIpc) is 2.16. The molecule has 0 rings (SSSR count). The van der Waals surface area contributed by atoms with E-state index in [1.165, 1.54) is 0 Å². The maximum absolute atomic E-state index is 9.25. The van der Waals surface area contributed by atoms with Crippen LogP contribution in [0.2, 0.25) is 0 Å². The minimum Gasteiger partial charge on any atom is -0.378 e. The maximum atomic E-state index is 9.25. The maximum Gasteiger partial charge on any atom is 0.164 e. The van der Waals surface area contributed by atoms with Crippen molar-refractivity contribution in [3.63, 3.8) is 0 Å². The zero-order valence-corrected chi connectivity index (χ0v) is 5.99. The molecular weight excluding hydrogens is 168 g/mol. The molecule has 0 aliphatic heterocycles. The van der Waals surface area contributed by atoms with Crippen LogP contribution in [0.15, 0.2) is 0 Å². The number of hydrogen-bond acceptors (Lipinski definition) is 6. The number of carbonyl (C=O) groups is 4. The summed E-state index contributed by atoms with van der Waals surface area (Å²) in [6, 6.07) is 0. The number of carbonyl (C=O) groups excluding carboxylic acids is 4. The molecule has 0 aliphatic rings. The van der Waals surface area contributed by atoms with Crippen molar-refractivity contribution in [2.45, 2.75) is 12.2 Å². The van der Waals surface area contributed by atoms with Crippen molar-refractivity contribution in [1.29, 1.82) is 0 Å². The number of aliphatic hydroxyl groups is 2. The van der Waals surface area contributed by atoms with Crippen LogP contribution in [0.4, 0.5) is 0 Å². The molecule has 0 bridgehead atoms. The highest BCUT2D eigenvalue weighted by atomic mass is 16.3. The van der Waals surface area contributed by atoms with E-state index in [-0.39, 0.29) is 25.1 Å². The SMILES string of the molecule is O=CC(O)C=O.O=CC(O)C=O. The molecule has 0 amide bonds. The van der Waals surface area contributed by atoms with Gasteiger partial charge in [0.15, 0.2) is 37.4 Å². The number of aldehydes is 4. The zero-order chi connectivity index (χ0) is 9.98. The van der Waals surface area contributed by atoms with Crippen LogP contribution in [0.3, 0.4) is 0 Å². The van der Waals surface area contributed by atoms with Crippen LogP contribution in [0.25, 0.3) is 0 Å². The molecule has 0 aromatic rings. The summed E-state index contributed by atoms with van der Waals surface area (Å²) in [4.78, 5) is 37.0. The molecule has 0 aromatic heterocycles. The topological polar surface area (TPSA) is 109 Å². The van der Waals surface area contributed by atoms with Crippen molar-refractivity contribution >= 4 is 25.1 Å². The molecule has 0 fully saturated rings. The van der Waals surface area contributed by atoms with Gasteiger partial charge in [-0.2, -0.15) is 0 Å². The quantitative estimate of drug-likeness (QED) is 0.361. The van der Waals surface area contributed by atoms with Crippen molar-refractivity contribution < 1.29 is 29.4 Å². The van der Waals surface area contributed by atoms with Gasteiger partial charge in [0.05, 0.1) is 0 Å². The molecule has 0 saturated heterocycles. The summed E-state index contributed by atoms with van der Waals surface area (Å²) in [7, 11) is 0. The lowest BCUT2D eigenvalue weighted by Gasteiger charge is -1.79. The Morgan fingerprint density at radius 1 is 0.667 bits per heavy atom. The molecule has 12 heavy (non-hydrogen) atoms. The Hall–Kier alpha value is -1.40. The second-order valence-electron chi connectivity index (χ2n) is 1.53. The van der Waals surface area contributed by atoms with E-state index in [9.17, 15) is 19.2 Å². The Morgan fingerprint density at radius 3 is 0.833 bits per heavy atom. The summed E-state index contributed by atoms with van der Waals surface area (Å²) in [6.45, 7) is 0. The average molecular weight is 176 g/mol. The molecule has 0 unspecified atom stereocenters.